The van der Waals surface area contributed by atoms with Crippen molar-refractivity contribution in [2.24, 2.45) is 5.73 Å². The van der Waals surface area contributed by atoms with E-state index in [4.69, 9.17) is 24.8 Å². The molecule has 0 spiro atoms. The maximum Gasteiger partial charge on any atom is 0.472 e. The maximum atomic E-state index is 12.6. The molecule has 3 atom stereocenters. The van der Waals surface area contributed by atoms with E-state index in [9.17, 15) is 23.8 Å². The quantitative estimate of drug-likeness (QED) is 0.0234. The second-order valence-corrected chi connectivity index (χ2v) is 15.2. The molecule has 12 heteroatoms. The Hall–Kier alpha value is -3.60. The minimum atomic E-state index is -4.74. The van der Waals surface area contributed by atoms with E-state index >= 15 is 0 Å². The van der Waals surface area contributed by atoms with Crippen molar-refractivity contribution in [1.82, 2.24) is 0 Å². The number of unbranched alkanes of at least 4 members (excludes halogenated alkanes) is 8. The van der Waals surface area contributed by atoms with Crippen molar-refractivity contribution in [3.8, 4) is 0 Å². The molecule has 0 radical (unpaired) electrons. The summed E-state index contributed by atoms with van der Waals surface area (Å²) in [5, 5.41) is 8.88. The molecule has 0 aromatic carbocycles. The molecule has 58 heavy (non-hydrogen) atoms. The smallest absolute Gasteiger partial charge is 0.472 e. The summed E-state index contributed by atoms with van der Waals surface area (Å²) in [5.74, 6) is -2.49. The fraction of sp³-hybridized carbons (Fsp3) is 0.587. The van der Waals surface area contributed by atoms with E-state index in [-0.39, 0.29) is 19.4 Å². The minimum Gasteiger partial charge on any atom is -0.480 e. The molecule has 0 aliphatic carbocycles. The van der Waals surface area contributed by atoms with Crippen molar-refractivity contribution >= 4 is 25.7 Å². The highest BCUT2D eigenvalue weighted by Gasteiger charge is 2.28. The number of carbonyl (C=O) groups is 3. The first kappa shape index (κ1) is 54.4. The molecule has 0 aromatic heterocycles. The predicted molar refractivity (Wildman–Crippen MR) is 235 cm³/mol. The maximum absolute atomic E-state index is 12.6. The van der Waals surface area contributed by atoms with Crippen molar-refractivity contribution in [2.75, 3.05) is 19.8 Å². The van der Waals surface area contributed by atoms with Gasteiger partial charge in [-0.15, -0.1) is 0 Å². The van der Waals surface area contributed by atoms with E-state index in [1.807, 2.05) is 0 Å². The van der Waals surface area contributed by atoms with E-state index in [1.165, 1.54) is 25.7 Å². The zero-order valence-electron chi connectivity index (χ0n) is 35.3. The van der Waals surface area contributed by atoms with Gasteiger partial charge in [0.1, 0.15) is 12.6 Å². The Balaban J connectivity index is 4.52. The second-order valence-electron chi connectivity index (χ2n) is 13.7. The third kappa shape index (κ3) is 39.2. The van der Waals surface area contributed by atoms with Gasteiger partial charge in [-0.1, -0.05) is 130 Å². The van der Waals surface area contributed by atoms with Crippen LogP contribution in [0.1, 0.15) is 142 Å². The number of carboxylic acids is 1. The highest BCUT2D eigenvalue weighted by atomic mass is 31.2. The SMILES string of the molecule is CC/C=C\C/C=C\C/C=C\C/C=C\CCCCC(=O)O[C@H](COC(=O)CCCCC/C=C\C/C=C\C/C=C\C/C=C\CCCCC)COP(=O)(O)OC[C@H](N)C(=O)O. The lowest BCUT2D eigenvalue weighted by molar-refractivity contribution is -0.161. The van der Waals surface area contributed by atoms with Crippen LogP contribution in [0.25, 0.3) is 0 Å². The zero-order valence-corrected chi connectivity index (χ0v) is 36.2. The van der Waals surface area contributed by atoms with Gasteiger partial charge < -0.3 is 25.2 Å². The van der Waals surface area contributed by atoms with Gasteiger partial charge in [0.15, 0.2) is 6.10 Å². The average molecular weight is 832 g/mol. The largest absolute Gasteiger partial charge is 0.480 e. The topological polar surface area (TPSA) is 172 Å². The van der Waals surface area contributed by atoms with Gasteiger partial charge in [-0.05, 0) is 96.3 Å². The summed E-state index contributed by atoms with van der Waals surface area (Å²) in [5.41, 5.74) is 5.32. The number of carbonyl (C=O) groups excluding carboxylic acids is 2. The van der Waals surface area contributed by atoms with Crippen molar-refractivity contribution in [3.05, 3.63) is 97.2 Å². The Labute approximate surface area is 349 Å². The lowest BCUT2D eigenvalue weighted by atomic mass is 10.1. The Bertz CT molecular complexity index is 1350. The first-order chi connectivity index (χ1) is 28.1. The van der Waals surface area contributed by atoms with Gasteiger partial charge >= 0.3 is 25.7 Å². The molecule has 0 heterocycles. The zero-order chi connectivity index (χ0) is 42.8. The normalized spacial score (nSPS) is 14.7. The number of allylic oxidation sites excluding steroid dienone is 16. The summed E-state index contributed by atoms with van der Waals surface area (Å²) in [4.78, 5) is 45.9. The van der Waals surface area contributed by atoms with Gasteiger partial charge in [0.25, 0.3) is 0 Å². The van der Waals surface area contributed by atoms with E-state index in [1.54, 1.807) is 0 Å². The number of hydrogen-bond acceptors (Lipinski definition) is 9. The molecule has 0 amide bonds. The van der Waals surface area contributed by atoms with Crippen molar-refractivity contribution in [1.29, 1.82) is 0 Å². The molecular formula is C46H74NO10P. The molecule has 1 unspecified atom stereocenters. The van der Waals surface area contributed by atoms with Crippen LogP contribution in [0.5, 0.6) is 0 Å². The van der Waals surface area contributed by atoms with Crippen molar-refractivity contribution in [2.45, 2.75) is 154 Å². The van der Waals surface area contributed by atoms with Crippen LogP contribution in [0.15, 0.2) is 97.2 Å². The Morgan fingerprint density at radius 2 is 0.966 bits per heavy atom. The number of ether oxygens (including phenoxy) is 2. The molecule has 0 aliphatic heterocycles. The summed E-state index contributed by atoms with van der Waals surface area (Å²) in [6.07, 6.45) is 50.5. The summed E-state index contributed by atoms with van der Waals surface area (Å²) in [6.45, 7) is 2.56. The number of rotatable bonds is 38. The lowest BCUT2D eigenvalue weighted by Crippen LogP contribution is -2.34. The van der Waals surface area contributed by atoms with Gasteiger partial charge in [-0.25, -0.2) is 4.57 Å². The van der Waals surface area contributed by atoms with Crippen LogP contribution < -0.4 is 5.73 Å². The van der Waals surface area contributed by atoms with Gasteiger partial charge in [-0.3, -0.25) is 23.4 Å². The third-order valence-electron chi connectivity index (χ3n) is 8.32. The Kier molecular flexibility index (Phi) is 37.7. The number of hydrogen-bond donors (Lipinski definition) is 3. The van der Waals surface area contributed by atoms with Crippen LogP contribution in [0.4, 0.5) is 0 Å². The molecule has 11 nitrogen and oxygen atoms in total. The molecule has 0 saturated heterocycles. The molecular weight excluding hydrogens is 757 g/mol. The van der Waals surface area contributed by atoms with Crippen LogP contribution >= 0.6 is 7.82 Å². The summed E-state index contributed by atoms with van der Waals surface area (Å²) < 4.78 is 32.6. The molecule has 0 bridgehead atoms. The molecule has 0 rings (SSSR count). The summed E-state index contributed by atoms with van der Waals surface area (Å²) in [7, 11) is -4.74. The number of esters is 2. The lowest BCUT2D eigenvalue weighted by Gasteiger charge is -2.20. The fourth-order valence-corrected chi connectivity index (χ4v) is 5.76. The first-order valence-corrected chi connectivity index (χ1v) is 22.8. The van der Waals surface area contributed by atoms with Crippen LogP contribution in [-0.2, 0) is 37.5 Å². The second kappa shape index (κ2) is 40.2. The van der Waals surface area contributed by atoms with Gasteiger partial charge in [0.2, 0.25) is 0 Å². The molecule has 0 aliphatic rings. The predicted octanol–water partition coefficient (Wildman–Crippen LogP) is 11.3. The third-order valence-corrected chi connectivity index (χ3v) is 9.27. The molecule has 0 aromatic rings. The number of nitrogens with two attached hydrogens (primary N) is 1. The standard InChI is InChI=1S/C46H74NO10P/c1-3-5-7-9-11-13-15-17-19-20-21-22-24-25-27-29-31-33-35-37-44(48)54-39-42(40-55-58(52,53)56-41-43(47)46(50)51)57-45(49)38-36-34-32-30-28-26-23-18-16-14-12-10-8-6-4-2/h6,8,11-14,17-19,21-23,25,27-28,30,42-43H,3-5,7,9-10,15-16,20,24,26,29,31-41,47H2,1-2H3,(H,50,51)(H,52,53)/b8-6-,13-11-,14-12-,19-17-,22-21-,23-18-,27-25-,30-28-/t42-,43+/m1/s1. The fourth-order valence-electron chi connectivity index (χ4n) is 4.98. The van der Waals surface area contributed by atoms with Crippen molar-refractivity contribution < 1.29 is 47.5 Å². The number of carboxylic acid groups (broad SMARTS) is 1. The van der Waals surface area contributed by atoms with Gasteiger partial charge in [-0.2, -0.15) is 0 Å². The minimum absolute atomic E-state index is 0.0954. The van der Waals surface area contributed by atoms with Crippen LogP contribution in [0, 0.1) is 0 Å². The molecule has 328 valence electrons. The average Bonchev–Trinajstić information content (AvgIpc) is 3.20. The van der Waals surface area contributed by atoms with Crippen LogP contribution in [0.2, 0.25) is 0 Å². The summed E-state index contributed by atoms with van der Waals surface area (Å²) >= 11 is 0. The summed E-state index contributed by atoms with van der Waals surface area (Å²) in [6, 6.07) is -1.54. The van der Waals surface area contributed by atoms with Crippen LogP contribution in [0.3, 0.4) is 0 Å². The van der Waals surface area contributed by atoms with E-state index < -0.39 is 51.1 Å². The molecule has 4 N–H and O–H groups in total. The molecule has 0 saturated carbocycles. The number of phosphoric acid groups is 1. The van der Waals surface area contributed by atoms with Gasteiger partial charge in [0.05, 0.1) is 13.2 Å². The Morgan fingerprint density at radius 1 is 0.552 bits per heavy atom. The van der Waals surface area contributed by atoms with Gasteiger partial charge in [0, 0.05) is 12.8 Å². The monoisotopic (exact) mass is 832 g/mol. The van der Waals surface area contributed by atoms with Crippen LogP contribution in [-0.4, -0.2) is 59.9 Å². The molecule has 0 fully saturated rings. The highest BCUT2D eigenvalue weighted by molar-refractivity contribution is 7.47. The highest BCUT2D eigenvalue weighted by Crippen LogP contribution is 2.43. The number of phosphoric ester groups is 1. The van der Waals surface area contributed by atoms with Crippen molar-refractivity contribution in [3.63, 3.8) is 0 Å². The van der Waals surface area contributed by atoms with E-state index in [0.717, 1.165) is 77.0 Å². The first-order valence-electron chi connectivity index (χ1n) is 21.3. The van der Waals surface area contributed by atoms with E-state index in [2.05, 4.69) is 116 Å². The Morgan fingerprint density at radius 3 is 1.45 bits per heavy atom. The number of aliphatic carboxylic acids is 1. The van der Waals surface area contributed by atoms with E-state index in [0.29, 0.717) is 12.8 Å².